The van der Waals surface area contributed by atoms with E-state index in [0.717, 1.165) is 0 Å². The Morgan fingerprint density at radius 3 is 2.61 bits per heavy atom. The van der Waals surface area contributed by atoms with E-state index in [4.69, 9.17) is 17.3 Å². The zero-order valence-electron chi connectivity index (χ0n) is 9.64. The van der Waals surface area contributed by atoms with Crippen molar-refractivity contribution in [2.24, 2.45) is 5.92 Å². The van der Waals surface area contributed by atoms with Crippen LogP contribution in [0, 0.1) is 5.92 Å². The third kappa shape index (κ3) is 1.67. The summed E-state index contributed by atoms with van der Waals surface area (Å²) in [4.78, 5) is 36.6. The molecule has 1 atom stereocenters. The van der Waals surface area contributed by atoms with Gasteiger partial charge in [-0.3, -0.25) is 14.4 Å². The summed E-state index contributed by atoms with van der Waals surface area (Å²) >= 11 is 5.57. The Kier molecular flexibility index (Phi) is 3.09. The second-order valence-corrected chi connectivity index (χ2v) is 4.42. The molecular formula is C12H11ClN2O3. The molecule has 1 aromatic carbocycles. The van der Waals surface area contributed by atoms with Crippen LogP contribution in [0.15, 0.2) is 18.2 Å². The van der Waals surface area contributed by atoms with Crippen LogP contribution in [0.5, 0.6) is 0 Å². The second kappa shape index (κ2) is 4.42. The smallest absolute Gasteiger partial charge is 0.270 e. The molecule has 0 radical (unpaired) electrons. The lowest BCUT2D eigenvalue weighted by atomic mass is 10.1. The van der Waals surface area contributed by atoms with Gasteiger partial charge in [0, 0.05) is 17.5 Å². The summed E-state index contributed by atoms with van der Waals surface area (Å²) in [7, 11) is 0. The van der Waals surface area contributed by atoms with E-state index in [0.29, 0.717) is 4.90 Å². The molecule has 3 amide bonds. The normalized spacial score (nSPS) is 15.8. The van der Waals surface area contributed by atoms with Gasteiger partial charge < -0.3 is 5.73 Å². The Bertz CT molecular complexity index is 556. The Morgan fingerprint density at radius 2 is 2.06 bits per heavy atom. The minimum Gasteiger partial charge on any atom is -0.398 e. The van der Waals surface area contributed by atoms with Crippen molar-refractivity contribution in [1.29, 1.82) is 0 Å². The van der Waals surface area contributed by atoms with E-state index in [1.807, 2.05) is 0 Å². The van der Waals surface area contributed by atoms with Gasteiger partial charge >= 0.3 is 0 Å². The van der Waals surface area contributed by atoms with Crippen LogP contribution in [-0.2, 0) is 4.79 Å². The molecule has 0 fully saturated rings. The van der Waals surface area contributed by atoms with Crippen molar-refractivity contribution >= 4 is 35.0 Å². The molecule has 6 heteroatoms. The average Bonchev–Trinajstić information content (AvgIpc) is 2.61. The van der Waals surface area contributed by atoms with E-state index in [1.165, 1.54) is 12.1 Å². The monoisotopic (exact) mass is 266 g/mol. The standard InChI is InChI=1S/C12H11ClN2O3/c1-6(5-13)10(16)15-11(17)7-3-2-4-8(14)9(7)12(15)18/h2-4,6H,5,14H2,1H3. The van der Waals surface area contributed by atoms with Crippen LogP contribution in [-0.4, -0.2) is 28.5 Å². The predicted octanol–water partition coefficient (Wildman–Crippen LogP) is 1.27. The van der Waals surface area contributed by atoms with Crippen molar-refractivity contribution in [2.75, 3.05) is 11.6 Å². The quantitative estimate of drug-likeness (QED) is 0.496. The van der Waals surface area contributed by atoms with Gasteiger partial charge in [0.2, 0.25) is 5.91 Å². The number of hydrogen-bond donors (Lipinski definition) is 1. The van der Waals surface area contributed by atoms with Crippen LogP contribution in [0.2, 0.25) is 0 Å². The number of rotatable bonds is 2. The van der Waals surface area contributed by atoms with Gasteiger partial charge in [0.25, 0.3) is 11.8 Å². The number of alkyl halides is 1. The average molecular weight is 267 g/mol. The molecule has 94 valence electrons. The van der Waals surface area contributed by atoms with Crippen molar-refractivity contribution in [3.05, 3.63) is 29.3 Å². The summed E-state index contributed by atoms with van der Waals surface area (Å²) in [5, 5.41) is 0. The van der Waals surface area contributed by atoms with E-state index < -0.39 is 23.6 Å². The lowest BCUT2D eigenvalue weighted by molar-refractivity contribution is -0.129. The number of carbonyl (C=O) groups excluding carboxylic acids is 3. The Hall–Kier alpha value is -1.88. The number of benzene rings is 1. The summed E-state index contributed by atoms with van der Waals surface area (Å²) in [5.74, 6) is -2.47. The molecule has 0 aliphatic carbocycles. The molecule has 1 aliphatic heterocycles. The first-order valence-corrected chi connectivity index (χ1v) is 5.89. The third-order valence-corrected chi connectivity index (χ3v) is 3.28. The van der Waals surface area contributed by atoms with Crippen molar-refractivity contribution in [3.8, 4) is 0 Å². The molecule has 0 saturated heterocycles. The fraction of sp³-hybridized carbons (Fsp3) is 0.250. The maximum absolute atomic E-state index is 12.1. The van der Waals surface area contributed by atoms with Crippen LogP contribution < -0.4 is 5.73 Å². The van der Waals surface area contributed by atoms with Crippen LogP contribution in [0.1, 0.15) is 27.6 Å². The molecule has 2 N–H and O–H groups in total. The minimum absolute atomic E-state index is 0.0434. The maximum atomic E-state index is 12.1. The van der Waals surface area contributed by atoms with Gasteiger partial charge in [0.1, 0.15) is 0 Å². The maximum Gasteiger partial charge on any atom is 0.270 e. The molecule has 1 heterocycles. The lowest BCUT2D eigenvalue weighted by Crippen LogP contribution is -2.40. The van der Waals surface area contributed by atoms with Gasteiger partial charge in [-0.1, -0.05) is 13.0 Å². The van der Waals surface area contributed by atoms with Crippen molar-refractivity contribution in [2.45, 2.75) is 6.92 Å². The minimum atomic E-state index is -0.671. The molecule has 0 spiro atoms. The highest BCUT2D eigenvalue weighted by molar-refractivity contribution is 6.31. The molecule has 0 bridgehead atoms. The Labute approximate surface area is 109 Å². The molecule has 2 rings (SSSR count). The van der Waals surface area contributed by atoms with Gasteiger partial charge in [-0.15, -0.1) is 11.6 Å². The SMILES string of the molecule is CC(CCl)C(=O)N1C(=O)c2cccc(N)c2C1=O. The third-order valence-electron chi connectivity index (χ3n) is 2.82. The Balaban J connectivity index is 2.47. The highest BCUT2D eigenvalue weighted by Crippen LogP contribution is 2.28. The number of anilines is 1. The van der Waals surface area contributed by atoms with Crippen LogP contribution in [0.25, 0.3) is 0 Å². The summed E-state index contributed by atoms with van der Waals surface area (Å²) < 4.78 is 0. The number of nitrogens with zero attached hydrogens (tertiary/aromatic N) is 1. The van der Waals surface area contributed by atoms with Gasteiger partial charge in [-0.05, 0) is 12.1 Å². The molecular weight excluding hydrogens is 256 g/mol. The van der Waals surface area contributed by atoms with Gasteiger partial charge in [-0.2, -0.15) is 0 Å². The van der Waals surface area contributed by atoms with Gasteiger partial charge in [0.05, 0.1) is 11.1 Å². The van der Waals surface area contributed by atoms with Crippen LogP contribution >= 0.6 is 11.6 Å². The van der Waals surface area contributed by atoms with E-state index in [2.05, 4.69) is 0 Å². The number of amides is 3. The molecule has 18 heavy (non-hydrogen) atoms. The van der Waals surface area contributed by atoms with Gasteiger partial charge in [-0.25, -0.2) is 4.90 Å². The fourth-order valence-electron chi connectivity index (χ4n) is 1.80. The van der Waals surface area contributed by atoms with Crippen molar-refractivity contribution in [1.82, 2.24) is 4.90 Å². The van der Waals surface area contributed by atoms with E-state index >= 15 is 0 Å². The number of halogens is 1. The molecule has 1 unspecified atom stereocenters. The molecule has 0 aromatic heterocycles. The van der Waals surface area contributed by atoms with E-state index in [-0.39, 0.29) is 22.7 Å². The summed E-state index contributed by atoms with van der Waals surface area (Å²) in [6.07, 6.45) is 0. The number of nitrogens with two attached hydrogens (primary N) is 1. The first-order valence-electron chi connectivity index (χ1n) is 5.36. The van der Waals surface area contributed by atoms with Gasteiger partial charge in [0.15, 0.2) is 0 Å². The molecule has 0 saturated carbocycles. The molecule has 1 aliphatic rings. The summed E-state index contributed by atoms with van der Waals surface area (Å²) in [6, 6.07) is 4.56. The lowest BCUT2D eigenvalue weighted by Gasteiger charge is -2.15. The van der Waals surface area contributed by atoms with Crippen molar-refractivity contribution < 1.29 is 14.4 Å². The highest BCUT2D eigenvalue weighted by Gasteiger charge is 2.42. The number of fused-ring (bicyclic) bond motifs is 1. The first-order chi connectivity index (χ1) is 8.49. The number of imide groups is 3. The zero-order chi connectivity index (χ0) is 13.4. The van der Waals surface area contributed by atoms with E-state index in [1.54, 1.807) is 13.0 Å². The van der Waals surface area contributed by atoms with E-state index in [9.17, 15) is 14.4 Å². The van der Waals surface area contributed by atoms with Crippen LogP contribution in [0.4, 0.5) is 5.69 Å². The van der Waals surface area contributed by atoms with Crippen molar-refractivity contribution in [3.63, 3.8) is 0 Å². The highest BCUT2D eigenvalue weighted by atomic mass is 35.5. The fourth-order valence-corrected chi connectivity index (χ4v) is 1.93. The summed E-state index contributed by atoms with van der Waals surface area (Å²) in [5.41, 5.74) is 6.11. The topological polar surface area (TPSA) is 80.5 Å². The Morgan fingerprint density at radius 1 is 1.39 bits per heavy atom. The largest absolute Gasteiger partial charge is 0.398 e. The zero-order valence-corrected chi connectivity index (χ0v) is 10.4. The first kappa shape index (κ1) is 12.6. The molecule has 5 nitrogen and oxygen atoms in total. The predicted molar refractivity (Wildman–Crippen MR) is 66.2 cm³/mol. The molecule has 1 aromatic rings. The number of carbonyl (C=O) groups is 3. The van der Waals surface area contributed by atoms with Crippen LogP contribution in [0.3, 0.4) is 0 Å². The summed E-state index contributed by atoms with van der Waals surface area (Å²) in [6.45, 7) is 1.56. The number of hydrogen-bond acceptors (Lipinski definition) is 4. The number of nitrogen functional groups attached to an aromatic ring is 1. The second-order valence-electron chi connectivity index (χ2n) is 4.11.